The summed E-state index contributed by atoms with van der Waals surface area (Å²) in [5, 5.41) is 2.46. The van der Waals surface area contributed by atoms with E-state index < -0.39 is 0 Å². The van der Waals surface area contributed by atoms with Crippen molar-refractivity contribution in [3.63, 3.8) is 0 Å². The number of hydrogen-bond acceptors (Lipinski definition) is 1. The first kappa shape index (κ1) is 40.1. The Bertz CT molecular complexity index is 3660. The van der Waals surface area contributed by atoms with E-state index in [-0.39, 0.29) is 10.8 Å². The van der Waals surface area contributed by atoms with Gasteiger partial charge in [-0.05, 0) is 145 Å². The summed E-state index contributed by atoms with van der Waals surface area (Å²) in [6, 6.07) is 85.6. The van der Waals surface area contributed by atoms with Crippen LogP contribution in [0.2, 0.25) is 0 Å². The smallest absolute Gasteiger partial charge is 0.0619 e. The van der Waals surface area contributed by atoms with Gasteiger partial charge in [0.1, 0.15) is 0 Å². The second-order valence-electron chi connectivity index (χ2n) is 19.7. The maximum atomic E-state index is 2.49. The lowest BCUT2D eigenvalue weighted by Crippen LogP contribution is -2.18. The Labute approximate surface area is 399 Å². The molecular formula is C66H50N2. The van der Waals surface area contributed by atoms with Gasteiger partial charge in [0.25, 0.3) is 0 Å². The quantitative estimate of drug-likeness (QED) is 0.155. The highest BCUT2D eigenvalue weighted by Gasteiger charge is 2.38. The minimum atomic E-state index is -0.132. The number of fused-ring (bicyclic) bond motifs is 9. The summed E-state index contributed by atoms with van der Waals surface area (Å²) >= 11 is 0. The third-order valence-electron chi connectivity index (χ3n) is 15.2. The zero-order chi connectivity index (χ0) is 45.7. The average Bonchev–Trinajstić information content (AvgIpc) is 3.93. The van der Waals surface area contributed by atoms with Gasteiger partial charge < -0.3 is 9.47 Å². The first-order valence-electron chi connectivity index (χ1n) is 23.9. The fourth-order valence-corrected chi connectivity index (χ4v) is 11.7. The number of benzene rings is 10. The van der Waals surface area contributed by atoms with E-state index in [2.05, 4.69) is 268 Å². The fraction of sp³-hybridized carbons (Fsp3) is 0.0909. The molecule has 0 fully saturated rings. The van der Waals surface area contributed by atoms with Crippen molar-refractivity contribution in [1.29, 1.82) is 0 Å². The molecule has 0 amide bonds. The zero-order valence-corrected chi connectivity index (χ0v) is 38.8. The second-order valence-corrected chi connectivity index (χ2v) is 19.7. The van der Waals surface area contributed by atoms with Crippen molar-refractivity contribution >= 4 is 38.9 Å². The Hall–Kier alpha value is -8.20. The molecule has 0 atom stereocenters. The Balaban J connectivity index is 1.02. The van der Waals surface area contributed by atoms with Crippen LogP contribution >= 0.6 is 0 Å². The van der Waals surface area contributed by atoms with Crippen molar-refractivity contribution in [3.8, 4) is 61.3 Å². The van der Waals surface area contributed by atoms with Crippen LogP contribution in [-0.4, -0.2) is 4.57 Å². The van der Waals surface area contributed by atoms with E-state index >= 15 is 0 Å². The molecule has 0 bridgehead atoms. The van der Waals surface area contributed by atoms with E-state index in [1.807, 2.05) is 0 Å². The van der Waals surface area contributed by atoms with Crippen LogP contribution in [0.25, 0.3) is 83.1 Å². The Morgan fingerprint density at radius 1 is 0.309 bits per heavy atom. The molecule has 0 N–H and O–H groups in total. The van der Waals surface area contributed by atoms with Crippen LogP contribution in [0, 0.1) is 0 Å². The minimum Gasteiger partial charge on any atom is -0.310 e. The molecule has 0 saturated carbocycles. The highest BCUT2D eigenvalue weighted by molar-refractivity contribution is 6.16. The molecule has 2 heteroatoms. The fourth-order valence-electron chi connectivity index (χ4n) is 11.7. The monoisotopic (exact) mass is 870 g/mol. The van der Waals surface area contributed by atoms with E-state index in [1.54, 1.807) is 0 Å². The van der Waals surface area contributed by atoms with Crippen LogP contribution in [0.3, 0.4) is 0 Å². The van der Waals surface area contributed by atoms with E-state index in [1.165, 1.54) is 99.7 Å². The predicted octanol–water partition coefficient (Wildman–Crippen LogP) is 17.9. The molecule has 10 aromatic carbocycles. The van der Waals surface area contributed by atoms with Crippen molar-refractivity contribution in [2.45, 2.75) is 38.5 Å². The number of nitrogens with zero attached hydrogens (tertiary/aromatic N) is 2. The zero-order valence-electron chi connectivity index (χ0n) is 38.8. The molecule has 0 spiro atoms. The predicted molar refractivity (Wildman–Crippen MR) is 287 cm³/mol. The molecule has 2 aliphatic carbocycles. The Morgan fingerprint density at radius 2 is 0.765 bits per heavy atom. The summed E-state index contributed by atoms with van der Waals surface area (Å²) in [6.45, 7) is 9.49. The van der Waals surface area contributed by atoms with Crippen LogP contribution < -0.4 is 4.90 Å². The molecule has 0 saturated heterocycles. The van der Waals surface area contributed by atoms with Crippen LogP contribution in [0.15, 0.2) is 231 Å². The SMILES string of the molecule is CC1(C)c2ccccc2-c2ccc(N(c3ccc(-n4c5ccc(-c6ccccc6)cc5c5cc(-c6ccccc6)cc(-c6ccccc6)c54)cc3)c3ccc4c(c3)C(C)(C)c3ccccc3-4)cc21. The van der Waals surface area contributed by atoms with E-state index in [0.29, 0.717) is 0 Å². The maximum absolute atomic E-state index is 2.49. The number of aromatic nitrogens is 1. The second kappa shape index (κ2) is 15.2. The molecular weight excluding hydrogens is 821 g/mol. The largest absolute Gasteiger partial charge is 0.310 e. The van der Waals surface area contributed by atoms with Crippen molar-refractivity contribution in [3.05, 3.63) is 253 Å². The summed E-state index contributed by atoms with van der Waals surface area (Å²) < 4.78 is 2.49. The number of hydrogen-bond donors (Lipinski definition) is 0. The summed E-state index contributed by atoms with van der Waals surface area (Å²) in [4.78, 5) is 2.47. The third-order valence-corrected chi connectivity index (χ3v) is 15.2. The van der Waals surface area contributed by atoms with Gasteiger partial charge in [-0.2, -0.15) is 0 Å². The normalized spacial score (nSPS) is 13.8. The third kappa shape index (κ3) is 6.10. The standard InChI is InChI=1S/C66H50N2/c1-65(2)59-26-16-14-24-52(59)54-35-33-50(41-61(54)65)67(51-34-36-55-53-25-15-17-27-60(53)66(3,4)62(55)42-51)48-29-31-49(32-30-48)68-63-37-28-46(43-18-8-5-9-19-43)38-57(63)58-40-47(44-20-10-6-11-21-44)39-56(64(58)68)45-22-12-7-13-23-45/h5-42H,1-4H3. The molecule has 11 aromatic rings. The maximum Gasteiger partial charge on any atom is 0.0619 e. The van der Waals surface area contributed by atoms with Gasteiger partial charge in [-0.25, -0.2) is 0 Å². The molecule has 0 unspecified atom stereocenters. The topological polar surface area (TPSA) is 8.17 Å². The Morgan fingerprint density at radius 3 is 1.32 bits per heavy atom. The summed E-state index contributed by atoms with van der Waals surface area (Å²) in [5.41, 5.74) is 24.6. The lowest BCUT2D eigenvalue weighted by Gasteiger charge is -2.30. The first-order chi connectivity index (χ1) is 33.2. The lowest BCUT2D eigenvalue weighted by atomic mass is 9.82. The van der Waals surface area contributed by atoms with Gasteiger partial charge in [-0.1, -0.05) is 185 Å². The molecule has 13 rings (SSSR count). The minimum absolute atomic E-state index is 0.132. The van der Waals surface area contributed by atoms with Crippen molar-refractivity contribution < 1.29 is 0 Å². The van der Waals surface area contributed by atoms with Crippen LogP contribution in [0.4, 0.5) is 17.1 Å². The van der Waals surface area contributed by atoms with E-state index in [0.717, 1.165) is 22.7 Å². The van der Waals surface area contributed by atoms with Crippen LogP contribution in [0.5, 0.6) is 0 Å². The molecule has 324 valence electrons. The van der Waals surface area contributed by atoms with Crippen molar-refractivity contribution in [2.75, 3.05) is 4.90 Å². The van der Waals surface area contributed by atoms with Gasteiger partial charge in [0.15, 0.2) is 0 Å². The first-order valence-corrected chi connectivity index (χ1v) is 23.9. The van der Waals surface area contributed by atoms with Crippen molar-refractivity contribution in [2.24, 2.45) is 0 Å². The van der Waals surface area contributed by atoms with Gasteiger partial charge in [-0.3, -0.25) is 0 Å². The van der Waals surface area contributed by atoms with Gasteiger partial charge in [0.2, 0.25) is 0 Å². The van der Waals surface area contributed by atoms with Gasteiger partial charge >= 0.3 is 0 Å². The highest BCUT2D eigenvalue weighted by Crippen LogP contribution is 2.53. The van der Waals surface area contributed by atoms with Crippen LogP contribution in [-0.2, 0) is 10.8 Å². The molecule has 1 heterocycles. The van der Waals surface area contributed by atoms with Gasteiger partial charge in [0.05, 0.1) is 11.0 Å². The lowest BCUT2D eigenvalue weighted by molar-refractivity contribution is 0.660. The summed E-state index contributed by atoms with van der Waals surface area (Å²) in [5.74, 6) is 0. The number of anilines is 3. The van der Waals surface area contributed by atoms with Crippen molar-refractivity contribution in [1.82, 2.24) is 4.57 Å². The molecule has 1 aromatic heterocycles. The summed E-state index contributed by atoms with van der Waals surface area (Å²) in [6.07, 6.45) is 0. The van der Waals surface area contributed by atoms with Gasteiger partial charge in [-0.15, -0.1) is 0 Å². The highest BCUT2D eigenvalue weighted by atomic mass is 15.1. The molecule has 0 aliphatic heterocycles. The molecule has 2 aliphatic rings. The van der Waals surface area contributed by atoms with E-state index in [9.17, 15) is 0 Å². The van der Waals surface area contributed by atoms with Crippen LogP contribution in [0.1, 0.15) is 49.9 Å². The van der Waals surface area contributed by atoms with Gasteiger partial charge in [0, 0.05) is 49.9 Å². The molecule has 0 radical (unpaired) electrons. The molecule has 2 nitrogen and oxygen atoms in total. The summed E-state index contributed by atoms with van der Waals surface area (Å²) in [7, 11) is 0. The average molecular weight is 871 g/mol. The Kier molecular flexibility index (Phi) is 8.95. The van der Waals surface area contributed by atoms with E-state index in [4.69, 9.17) is 0 Å². The number of rotatable bonds is 7. The molecule has 68 heavy (non-hydrogen) atoms.